The summed E-state index contributed by atoms with van der Waals surface area (Å²) in [6.07, 6.45) is 7.18. The maximum Gasteiger partial charge on any atom is 0.306 e. The van der Waals surface area contributed by atoms with Crippen molar-refractivity contribution in [1.29, 1.82) is 0 Å². The van der Waals surface area contributed by atoms with Crippen molar-refractivity contribution in [2.75, 3.05) is 19.8 Å². The number of carbonyl (C=O) groups excluding carboxylic acids is 4. The van der Waals surface area contributed by atoms with E-state index in [0.717, 1.165) is 42.8 Å². The lowest BCUT2D eigenvalue weighted by Gasteiger charge is -2.34. The second kappa shape index (κ2) is 14.9. The maximum absolute atomic E-state index is 14.6. The number of hydrogen-bond acceptors (Lipinski definition) is 7. The molecule has 0 aromatic heterocycles. The zero-order valence-corrected chi connectivity index (χ0v) is 31.1. The normalized spacial score (nSPS) is 24.3. The number of amides is 2. The summed E-state index contributed by atoms with van der Waals surface area (Å²) < 4.78 is 48.6. The van der Waals surface area contributed by atoms with E-state index in [-0.39, 0.29) is 48.0 Å². The van der Waals surface area contributed by atoms with E-state index in [2.05, 4.69) is 11.9 Å². The number of halogens is 1. The molecule has 0 radical (unpaired) electrons. The number of ketones is 1. The number of sulfonamides is 1. The molecular weight excluding hydrogens is 686 g/mol. The van der Waals surface area contributed by atoms with Crippen LogP contribution in [0.25, 0.3) is 11.1 Å². The number of esters is 1. The van der Waals surface area contributed by atoms with E-state index in [4.69, 9.17) is 4.74 Å². The predicted octanol–water partition coefficient (Wildman–Crippen LogP) is 5.87. The molecule has 3 aliphatic carbocycles. The summed E-state index contributed by atoms with van der Waals surface area (Å²) in [6.45, 7) is 9.23. The van der Waals surface area contributed by atoms with Crippen molar-refractivity contribution in [2.45, 2.75) is 95.6 Å². The van der Waals surface area contributed by atoms with E-state index in [0.29, 0.717) is 30.0 Å². The quantitative estimate of drug-likeness (QED) is 0.190. The summed E-state index contributed by atoms with van der Waals surface area (Å²) in [5.74, 6) is -2.69. The Kier molecular flexibility index (Phi) is 10.8. The smallest absolute Gasteiger partial charge is 0.306 e. The minimum Gasteiger partial charge on any atom is -0.462 e. The molecular formula is C40H50FN3O7S. The van der Waals surface area contributed by atoms with E-state index < -0.39 is 57.1 Å². The first-order valence-corrected chi connectivity index (χ1v) is 19.9. The van der Waals surface area contributed by atoms with Gasteiger partial charge in [-0.15, -0.1) is 6.58 Å². The summed E-state index contributed by atoms with van der Waals surface area (Å²) in [5, 5.41) is 3.01. The van der Waals surface area contributed by atoms with Crippen LogP contribution < -0.4 is 5.32 Å². The number of Topliss-reactive ketones (excluding diaryl/α,β-unsaturated/α-hetero) is 1. The lowest BCUT2D eigenvalue weighted by atomic mass is 9.77. The summed E-state index contributed by atoms with van der Waals surface area (Å²) in [6, 6.07) is 10.8. The Labute approximate surface area is 306 Å². The lowest BCUT2D eigenvalue weighted by Crippen LogP contribution is -2.49. The highest BCUT2D eigenvalue weighted by Gasteiger charge is 2.60. The molecule has 12 heteroatoms. The van der Waals surface area contributed by atoms with Crippen molar-refractivity contribution in [2.24, 2.45) is 28.6 Å². The third-order valence-electron chi connectivity index (χ3n) is 11.3. The van der Waals surface area contributed by atoms with Gasteiger partial charge in [0.25, 0.3) is 0 Å². The maximum atomic E-state index is 14.6. The molecule has 280 valence electrons. The van der Waals surface area contributed by atoms with Gasteiger partial charge in [0.1, 0.15) is 18.0 Å². The fraction of sp³-hybridized carbons (Fsp3) is 0.550. The van der Waals surface area contributed by atoms with Gasteiger partial charge in [-0.2, -0.15) is 4.31 Å². The molecule has 1 heterocycles. The standard InChI is InChI=1S/C40H50FN3O7S/c1-5-29-21-40(29,38(48)42-23-26-10-11-26)22-35(45)34-24-43(52(49,50)32-18-14-28(15-19-32)27-12-16-30(41)17-13-27)25-44(34)37(47)33(39(2,3)4)20-36(46)51-31-8-6-7-9-31/h5,12-19,26,29,31,33-34H,1,6-11,20-25H2,2-4H3,(H,42,48)/t29-,33-,34+,40-/m1/s1. The van der Waals surface area contributed by atoms with Crippen molar-refractivity contribution in [3.05, 3.63) is 67.0 Å². The van der Waals surface area contributed by atoms with Crippen LogP contribution >= 0.6 is 0 Å². The lowest BCUT2D eigenvalue weighted by molar-refractivity contribution is -0.156. The van der Waals surface area contributed by atoms with Gasteiger partial charge in [-0.1, -0.05) is 51.1 Å². The molecule has 0 spiro atoms. The van der Waals surface area contributed by atoms with E-state index in [1.807, 2.05) is 20.8 Å². The molecule has 0 bridgehead atoms. The van der Waals surface area contributed by atoms with Crippen molar-refractivity contribution in [3.63, 3.8) is 0 Å². The predicted molar refractivity (Wildman–Crippen MR) is 193 cm³/mol. The number of nitrogens with zero attached hydrogens (tertiary/aromatic N) is 2. The summed E-state index contributed by atoms with van der Waals surface area (Å²) >= 11 is 0. The van der Waals surface area contributed by atoms with Crippen LogP contribution in [0.3, 0.4) is 0 Å². The number of nitrogens with one attached hydrogen (secondary N) is 1. The van der Waals surface area contributed by atoms with Crippen molar-refractivity contribution >= 4 is 33.6 Å². The number of allylic oxidation sites excluding steroid dienone is 1. The topological polar surface area (TPSA) is 130 Å². The summed E-state index contributed by atoms with van der Waals surface area (Å²) in [5.41, 5.74) is -0.328. The number of carbonyl (C=O) groups is 4. The molecule has 3 saturated carbocycles. The zero-order chi connectivity index (χ0) is 37.4. The molecule has 0 unspecified atom stereocenters. The molecule has 2 amide bonds. The SMILES string of the molecule is C=C[C@@H]1C[C@]1(CC(=O)[C@@H]1CN(S(=O)(=O)c2ccc(-c3ccc(F)cc3)cc2)CN1C(=O)[C@@H](CC(=O)OC1CCCC1)C(C)(C)C)C(=O)NCC1CC1. The second-order valence-electron chi connectivity index (χ2n) is 16.2. The molecule has 4 fully saturated rings. The largest absolute Gasteiger partial charge is 0.462 e. The molecule has 4 aliphatic rings. The molecule has 2 aromatic carbocycles. The van der Waals surface area contributed by atoms with Gasteiger partial charge in [0.05, 0.1) is 29.3 Å². The van der Waals surface area contributed by atoms with Crippen LogP contribution in [0, 0.1) is 34.4 Å². The van der Waals surface area contributed by atoms with Crippen molar-refractivity contribution in [1.82, 2.24) is 14.5 Å². The van der Waals surface area contributed by atoms with Crippen LogP contribution in [0.15, 0.2) is 66.1 Å². The Morgan fingerprint density at radius 2 is 1.62 bits per heavy atom. The fourth-order valence-corrected chi connectivity index (χ4v) is 9.02. The average Bonchev–Trinajstić information content (AvgIpc) is 3.95. The van der Waals surface area contributed by atoms with Crippen LogP contribution in [-0.4, -0.2) is 73.1 Å². The van der Waals surface area contributed by atoms with Gasteiger partial charge < -0.3 is 15.0 Å². The highest BCUT2D eigenvalue weighted by molar-refractivity contribution is 7.89. The molecule has 10 nitrogen and oxygen atoms in total. The van der Waals surface area contributed by atoms with Gasteiger partial charge >= 0.3 is 5.97 Å². The minimum absolute atomic E-state index is 0.0313. The van der Waals surface area contributed by atoms with Gasteiger partial charge in [-0.05, 0) is 97.6 Å². The van der Waals surface area contributed by atoms with Gasteiger partial charge in [-0.25, -0.2) is 12.8 Å². The van der Waals surface area contributed by atoms with Gasteiger partial charge in [0.2, 0.25) is 21.8 Å². The van der Waals surface area contributed by atoms with Crippen LogP contribution in [0.4, 0.5) is 4.39 Å². The fourth-order valence-electron chi connectivity index (χ4n) is 7.62. The number of benzene rings is 2. The number of rotatable bonds is 14. The van der Waals surface area contributed by atoms with Gasteiger partial charge in [-0.3, -0.25) is 19.2 Å². The highest BCUT2D eigenvalue weighted by atomic mass is 32.2. The minimum atomic E-state index is -4.21. The first-order valence-electron chi connectivity index (χ1n) is 18.4. The van der Waals surface area contributed by atoms with Crippen LogP contribution in [0.1, 0.15) is 78.6 Å². The summed E-state index contributed by atoms with van der Waals surface area (Å²) in [4.78, 5) is 56.8. The van der Waals surface area contributed by atoms with E-state index in [9.17, 15) is 32.0 Å². The first-order chi connectivity index (χ1) is 24.6. The van der Waals surface area contributed by atoms with Crippen molar-refractivity contribution < 1.29 is 36.7 Å². The molecule has 2 aromatic rings. The summed E-state index contributed by atoms with van der Waals surface area (Å²) in [7, 11) is -4.21. The first kappa shape index (κ1) is 37.8. The Bertz CT molecular complexity index is 1800. The van der Waals surface area contributed by atoms with Crippen molar-refractivity contribution in [3.8, 4) is 11.1 Å². The highest BCUT2D eigenvalue weighted by Crippen LogP contribution is 2.57. The van der Waals surface area contributed by atoms with Crippen LogP contribution in [0.5, 0.6) is 0 Å². The third-order valence-corrected chi connectivity index (χ3v) is 13.1. The molecule has 52 heavy (non-hydrogen) atoms. The molecule has 1 aliphatic heterocycles. The third kappa shape index (κ3) is 8.17. The van der Waals surface area contributed by atoms with Gasteiger partial charge in [0, 0.05) is 19.5 Å². The number of hydrogen-bond donors (Lipinski definition) is 1. The second-order valence-corrected chi connectivity index (χ2v) is 18.1. The van der Waals surface area contributed by atoms with E-state index in [1.165, 1.54) is 29.2 Å². The van der Waals surface area contributed by atoms with E-state index >= 15 is 0 Å². The average molecular weight is 736 g/mol. The van der Waals surface area contributed by atoms with Crippen LogP contribution in [-0.2, 0) is 33.9 Å². The Hall–Kier alpha value is -3.90. The molecule has 6 rings (SSSR count). The Morgan fingerprint density at radius 1 is 1.00 bits per heavy atom. The zero-order valence-electron chi connectivity index (χ0n) is 30.3. The van der Waals surface area contributed by atoms with Gasteiger partial charge in [0.15, 0.2) is 5.78 Å². The molecule has 4 atom stereocenters. The molecule has 1 N–H and O–H groups in total. The van der Waals surface area contributed by atoms with E-state index in [1.54, 1.807) is 30.3 Å². The van der Waals surface area contributed by atoms with Crippen LogP contribution in [0.2, 0.25) is 0 Å². The Balaban J connectivity index is 1.27. The monoisotopic (exact) mass is 735 g/mol. The Morgan fingerprint density at radius 3 is 2.17 bits per heavy atom. The number of ether oxygens (including phenoxy) is 1. The molecule has 1 saturated heterocycles.